The molecule has 12 heteroatoms. The fourth-order valence-corrected chi connectivity index (χ4v) is 3.70. The van der Waals surface area contributed by atoms with Crippen molar-refractivity contribution in [3.8, 4) is 0 Å². The first-order valence-corrected chi connectivity index (χ1v) is 12.9. The number of rotatable bonds is 16. The Morgan fingerprint density at radius 2 is 1.50 bits per heavy atom. The van der Waals surface area contributed by atoms with E-state index in [0.717, 1.165) is 5.56 Å². The maximum absolute atomic E-state index is 13.3. The van der Waals surface area contributed by atoms with Crippen LogP contribution in [0.2, 0.25) is 0 Å². The number of amides is 3. The molecule has 5 unspecified atom stereocenters. The van der Waals surface area contributed by atoms with E-state index in [4.69, 9.17) is 17.2 Å². The zero-order valence-corrected chi connectivity index (χ0v) is 22.6. The highest BCUT2D eigenvalue weighted by Crippen LogP contribution is 2.12. The summed E-state index contributed by atoms with van der Waals surface area (Å²) >= 11 is 0. The van der Waals surface area contributed by atoms with Gasteiger partial charge in [0.15, 0.2) is 5.96 Å². The third-order valence-electron chi connectivity index (χ3n) is 6.24. The van der Waals surface area contributed by atoms with E-state index in [9.17, 15) is 24.3 Å². The van der Waals surface area contributed by atoms with Crippen LogP contribution in [0, 0.1) is 11.8 Å². The van der Waals surface area contributed by atoms with Crippen molar-refractivity contribution in [2.45, 2.75) is 77.5 Å². The number of aliphatic imine (C=N–C) groups is 1. The van der Waals surface area contributed by atoms with Gasteiger partial charge in [-0.3, -0.25) is 19.4 Å². The van der Waals surface area contributed by atoms with E-state index >= 15 is 0 Å². The van der Waals surface area contributed by atoms with E-state index in [0.29, 0.717) is 25.8 Å². The van der Waals surface area contributed by atoms with Crippen molar-refractivity contribution in [3.63, 3.8) is 0 Å². The molecule has 1 rings (SSSR count). The van der Waals surface area contributed by atoms with Gasteiger partial charge in [-0.05, 0) is 30.2 Å². The number of aliphatic carboxylic acids is 1. The fraction of sp³-hybridized carbons (Fsp3) is 0.577. The minimum atomic E-state index is -1.19. The largest absolute Gasteiger partial charge is 0.480 e. The van der Waals surface area contributed by atoms with Crippen molar-refractivity contribution in [2.24, 2.45) is 34.0 Å². The first-order chi connectivity index (χ1) is 17.9. The molecular weight excluding hydrogens is 490 g/mol. The van der Waals surface area contributed by atoms with Crippen molar-refractivity contribution in [1.29, 1.82) is 0 Å². The van der Waals surface area contributed by atoms with Gasteiger partial charge in [0.2, 0.25) is 17.7 Å². The van der Waals surface area contributed by atoms with Gasteiger partial charge < -0.3 is 38.3 Å². The molecule has 0 fully saturated rings. The number of carbonyl (C=O) groups is 4. The lowest BCUT2D eigenvalue weighted by Gasteiger charge is -2.29. The summed E-state index contributed by atoms with van der Waals surface area (Å²) in [5.41, 5.74) is 17.3. The van der Waals surface area contributed by atoms with E-state index in [-0.39, 0.29) is 24.2 Å². The molecule has 0 bridgehead atoms. The van der Waals surface area contributed by atoms with Gasteiger partial charge in [-0.25, -0.2) is 4.79 Å². The lowest BCUT2D eigenvalue weighted by molar-refractivity contribution is -0.142. The quantitative estimate of drug-likeness (QED) is 0.0859. The zero-order chi connectivity index (χ0) is 28.8. The molecule has 0 radical (unpaired) electrons. The third-order valence-corrected chi connectivity index (χ3v) is 6.24. The Kier molecular flexibility index (Phi) is 13.8. The summed E-state index contributed by atoms with van der Waals surface area (Å²) in [5.74, 6) is -3.52. The zero-order valence-electron chi connectivity index (χ0n) is 22.6. The van der Waals surface area contributed by atoms with Gasteiger partial charge in [0.1, 0.15) is 18.1 Å². The van der Waals surface area contributed by atoms with E-state index < -0.39 is 47.9 Å². The number of benzene rings is 1. The second-order valence-electron chi connectivity index (χ2n) is 9.75. The Bertz CT molecular complexity index is 951. The van der Waals surface area contributed by atoms with Gasteiger partial charge in [-0.15, -0.1) is 0 Å². The van der Waals surface area contributed by atoms with Crippen LogP contribution in [0.25, 0.3) is 0 Å². The third kappa shape index (κ3) is 11.2. The fourth-order valence-electron chi connectivity index (χ4n) is 3.70. The molecule has 0 aliphatic rings. The molecule has 0 saturated carbocycles. The average Bonchev–Trinajstić information content (AvgIpc) is 2.87. The summed E-state index contributed by atoms with van der Waals surface area (Å²) < 4.78 is 0. The number of nitrogens with one attached hydrogen (secondary N) is 3. The average molecular weight is 534 g/mol. The summed E-state index contributed by atoms with van der Waals surface area (Å²) in [6, 6.07) is 4.92. The molecule has 0 aliphatic heterocycles. The molecule has 0 saturated heterocycles. The highest BCUT2D eigenvalue weighted by molar-refractivity contribution is 5.94. The van der Waals surface area contributed by atoms with Gasteiger partial charge in [0.25, 0.3) is 0 Å². The molecule has 0 aromatic heterocycles. The van der Waals surface area contributed by atoms with Crippen molar-refractivity contribution in [3.05, 3.63) is 35.9 Å². The molecule has 38 heavy (non-hydrogen) atoms. The molecule has 1 aromatic rings. The van der Waals surface area contributed by atoms with E-state index in [2.05, 4.69) is 20.9 Å². The van der Waals surface area contributed by atoms with Crippen LogP contribution in [-0.2, 0) is 25.6 Å². The molecule has 0 heterocycles. The van der Waals surface area contributed by atoms with Gasteiger partial charge in [0.05, 0.1) is 6.04 Å². The molecule has 12 nitrogen and oxygen atoms in total. The predicted octanol–water partition coefficient (Wildman–Crippen LogP) is -0.149. The number of carboxylic acid groups (broad SMARTS) is 1. The minimum absolute atomic E-state index is 0.0463. The number of hydrogen-bond donors (Lipinski definition) is 7. The van der Waals surface area contributed by atoms with Crippen LogP contribution in [-0.4, -0.2) is 65.5 Å². The topological polar surface area (TPSA) is 215 Å². The normalized spacial score (nSPS) is 14.9. The highest BCUT2D eigenvalue weighted by Gasteiger charge is 2.33. The van der Waals surface area contributed by atoms with E-state index in [1.54, 1.807) is 45.0 Å². The second kappa shape index (κ2) is 16.2. The Labute approximate surface area is 224 Å². The smallest absolute Gasteiger partial charge is 0.326 e. The van der Waals surface area contributed by atoms with Crippen LogP contribution in [0.4, 0.5) is 0 Å². The van der Waals surface area contributed by atoms with E-state index in [1.807, 2.05) is 13.0 Å². The number of carboxylic acids is 1. The molecule has 1 aromatic carbocycles. The summed E-state index contributed by atoms with van der Waals surface area (Å²) in [6.07, 6.45) is 1.46. The summed E-state index contributed by atoms with van der Waals surface area (Å²) in [5, 5.41) is 17.6. The summed E-state index contributed by atoms with van der Waals surface area (Å²) in [7, 11) is 0. The molecule has 5 atom stereocenters. The van der Waals surface area contributed by atoms with Crippen LogP contribution in [0.5, 0.6) is 0 Å². The maximum Gasteiger partial charge on any atom is 0.326 e. The van der Waals surface area contributed by atoms with Gasteiger partial charge in [-0.2, -0.15) is 0 Å². The van der Waals surface area contributed by atoms with Gasteiger partial charge >= 0.3 is 5.97 Å². The first-order valence-electron chi connectivity index (χ1n) is 12.9. The maximum atomic E-state index is 13.3. The van der Waals surface area contributed by atoms with Crippen molar-refractivity contribution < 1.29 is 24.3 Å². The Morgan fingerprint density at radius 3 is 2.03 bits per heavy atom. The first kappa shape index (κ1) is 32.4. The van der Waals surface area contributed by atoms with Crippen LogP contribution in [0.15, 0.2) is 35.3 Å². The van der Waals surface area contributed by atoms with Crippen LogP contribution >= 0.6 is 0 Å². The SMILES string of the molecule is CCC(C)C(NC(=O)C(N)CCCN=C(N)N)C(=O)NC(C(=O)NC(Cc1ccccc1)C(=O)O)C(C)C. The molecule has 3 amide bonds. The number of nitrogens with zero attached hydrogens (tertiary/aromatic N) is 1. The summed E-state index contributed by atoms with van der Waals surface area (Å²) in [4.78, 5) is 54.7. The van der Waals surface area contributed by atoms with Crippen molar-refractivity contribution in [2.75, 3.05) is 6.54 Å². The predicted molar refractivity (Wildman–Crippen MR) is 146 cm³/mol. The molecule has 212 valence electrons. The van der Waals surface area contributed by atoms with Crippen LogP contribution < -0.4 is 33.2 Å². The number of hydrogen-bond acceptors (Lipinski definition) is 6. The number of guanidine groups is 1. The summed E-state index contributed by atoms with van der Waals surface area (Å²) in [6.45, 7) is 7.48. The van der Waals surface area contributed by atoms with Crippen LogP contribution in [0.1, 0.15) is 52.5 Å². The second-order valence-corrected chi connectivity index (χ2v) is 9.75. The minimum Gasteiger partial charge on any atom is -0.480 e. The highest BCUT2D eigenvalue weighted by atomic mass is 16.4. The number of carbonyl (C=O) groups excluding carboxylic acids is 3. The number of nitrogens with two attached hydrogens (primary N) is 3. The van der Waals surface area contributed by atoms with Crippen molar-refractivity contribution >= 4 is 29.7 Å². The Morgan fingerprint density at radius 1 is 0.921 bits per heavy atom. The lowest BCUT2D eigenvalue weighted by Crippen LogP contribution is -2.59. The monoisotopic (exact) mass is 533 g/mol. The molecular formula is C26H43N7O5. The Hall–Kier alpha value is -3.67. The standard InChI is InChI=1S/C26H43N7O5/c1-5-16(4)21(33-22(34)18(27)12-9-13-30-26(28)29)24(36)32-20(15(2)3)23(35)31-19(25(37)38)14-17-10-7-6-8-11-17/h6-8,10-11,15-16,18-21H,5,9,12-14,27H2,1-4H3,(H,31,35)(H,32,36)(H,33,34)(H,37,38)(H4,28,29,30). The molecule has 0 spiro atoms. The van der Waals surface area contributed by atoms with Gasteiger partial charge in [-0.1, -0.05) is 64.4 Å². The van der Waals surface area contributed by atoms with Crippen LogP contribution in [0.3, 0.4) is 0 Å². The lowest BCUT2D eigenvalue weighted by atomic mass is 9.95. The van der Waals surface area contributed by atoms with E-state index in [1.165, 1.54) is 0 Å². The van der Waals surface area contributed by atoms with Crippen molar-refractivity contribution in [1.82, 2.24) is 16.0 Å². The van der Waals surface area contributed by atoms with Gasteiger partial charge in [0, 0.05) is 13.0 Å². The Balaban J connectivity index is 2.91. The molecule has 10 N–H and O–H groups in total. The molecule has 0 aliphatic carbocycles.